The first-order chi connectivity index (χ1) is 7.84. The maximum atomic E-state index is 5.59. The zero-order chi connectivity index (χ0) is 11.2. The summed E-state index contributed by atoms with van der Waals surface area (Å²) in [4.78, 5) is 0. The number of hydrogen-bond donors (Lipinski definition) is 2. The van der Waals surface area contributed by atoms with Crippen molar-refractivity contribution in [1.82, 2.24) is 10.6 Å². The topological polar surface area (TPSA) is 42.5 Å². The standard InChI is InChI=1S/C12H24N2O2/c1-10(7-11-9-15-6-4-13-11)14-8-12-3-2-5-16-12/h10-14H,2-9H2,1H3. The Hall–Kier alpha value is -0.160. The van der Waals surface area contributed by atoms with Gasteiger partial charge in [-0.05, 0) is 26.2 Å². The molecule has 2 aliphatic heterocycles. The lowest BCUT2D eigenvalue weighted by Gasteiger charge is -2.27. The Morgan fingerprint density at radius 1 is 1.44 bits per heavy atom. The van der Waals surface area contributed by atoms with Crippen molar-refractivity contribution in [1.29, 1.82) is 0 Å². The van der Waals surface area contributed by atoms with E-state index in [0.717, 1.165) is 39.3 Å². The minimum absolute atomic E-state index is 0.443. The van der Waals surface area contributed by atoms with Crippen molar-refractivity contribution in [2.24, 2.45) is 0 Å². The van der Waals surface area contributed by atoms with Crippen LogP contribution in [-0.2, 0) is 9.47 Å². The van der Waals surface area contributed by atoms with Gasteiger partial charge in [-0.25, -0.2) is 0 Å². The average molecular weight is 228 g/mol. The highest BCUT2D eigenvalue weighted by Gasteiger charge is 2.19. The fraction of sp³-hybridized carbons (Fsp3) is 1.00. The van der Waals surface area contributed by atoms with E-state index in [0.29, 0.717) is 18.2 Å². The van der Waals surface area contributed by atoms with Crippen molar-refractivity contribution in [2.75, 3.05) is 32.9 Å². The van der Waals surface area contributed by atoms with Gasteiger partial charge < -0.3 is 20.1 Å². The molecular weight excluding hydrogens is 204 g/mol. The first-order valence-electron chi connectivity index (χ1n) is 6.50. The maximum absolute atomic E-state index is 5.59. The molecule has 0 aliphatic carbocycles. The van der Waals surface area contributed by atoms with Gasteiger partial charge in [0, 0.05) is 31.8 Å². The molecule has 2 rings (SSSR count). The molecule has 0 radical (unpaired) electrons. The fourth-order valence-corrected chi connectivity index (χ4v) is 2.42. The van der Waals surface area contributed by atoms with Crippen molar-refractivity contribution >= 4 is 0 Å². The number of nitrogens with one attached hydrogen (secondary N) is 2. The number of ether oxygens (including phenoxy) is 2. The van der Waals surface area contributed by atoms with Gasteiger partial charge in [0.2, 0.25) is 0 Å². The van der Waals surface area contributed by atoms with E-state index in [-0.39, 0.29) is 0 Å². The van der Waals surface area contributed by atoms with E-state index in [1.54, 1.807) is 0 Å². The predicted octanol–water partition coefficient (Wildman–Crippen LogP) is 0.522. The van der Waals surface area contributed by atoms with E-state index >= 15 is 0 Å². The SMILES string of the molecule is CC(CC1COCCN1)NCC1CCCO1. The van der Waals surface area contributed by atoms with Gasteiger partial charge >= 0.3 is 0 Å². The molecule has 4 nitrogen and oxygen atoms in total. The molecule has 2 N–H and O–H groups in total. The first-order valence-corrected chi connectivity index (χ1v) is 6.50. The quantitative estimate of drug-likeness (QED) is 0.720. The van der Waals surface area contributed by atoms with Crippen LogP contribution in [0, 0.1) is 0 Å². The van der Waals surface area contributed by atoms with Crippen LogP contribution >= 0.6 is 0 Å². The van der Waals surface area contributed by atoms with Crippen molar-refractivity contribution in [2.45, 2.75) is 44.4 Å². The zero-order valence-corrected chi connectivity index (χ0v) is 10.2. The second kappa shape index (κ2) is 6.55. The van der Waals surface area contributed by atoms with Crippen LogP contribution in [0.25, 0.3) is 0 Å². The first kappa shape index (κ1) is 12.3. The van der Waals surface area contributed by atoms with Gasteiger partial charge in [0.05, 0.1) is 19.3 Å². The van der Waals surface area contributed by atoms with Crippen molar-refractivity contribution in [3.05, 3.63) is 0 Å². The van der Waals surface area contributed by atoms with E-state index < -0.39 is 0 Å². The molecule has 2 fully saturated rings. The Balaban J connectivity index is 1.57. The fourth-order valence-electron chi connectivity index (χ4n) is 2.42. The molecule has 2 heterocycles. The number of rotatable bonds is 5. The Morgan fingerprint density at radius 3 is 3.06 bits per heavy atom. The molecule has 94 valence electrons. The molecule has 0 saturated carbocycles. The van der Waals surface area contributed by atoms with Crippen LogP contribution in [-0.4, -0.2) is 51.1 Å². The van der Waals surface area contributed by atoms with Crippen molar-refractivity contribution in [3.8, 4) is 0 Å². The summed E-state index contributed by atoms with van der Waals surface area (Å²) >= 11 is 0. The second-order valence-electron chi connectivity index (χ2n) is 4.91. The molecule has 16 heavy (non-hydrogen) atoms. The second-order valence-corrected chi connectivity index (χ2v) is 4.91. The molecule has 4 heteroatoms. The highest BCUT2D eigenvalue weighted by Crippen LogP contribution is 2.11. The highest BCUT2D eigenvalue weighted by molar-refractivity contribution is 4.77. The molecular formula is C12H24N2O2. The van der Waals surface area contributed by atoms with Gasteiger partial charge in [-0.2, -0.15) is 0 Å². The summed E-state index contributed by atoms with van der Waals surface area (Å²) in [6, 6.07) is 1.05. The van der Waals surface area contributed by atoms with Crippen LogP contribution in [0.2, 0.25) is 0 Å². The molecule has 0 spiro atoms. The van der Waals surface area contributed by atoms with E-state index in [4.69, 9.17) is 9.47 Å². The summed E-state index contributed by atoms with van der Waals surface area (Å²) in [6.07, 6.45) is 4.01. The summed E-state index contributed by atoms with van der Waals surface area (Å²) in [5.41, 5.74) is 0. The summed E-state index contributed by atoms with van der Waals surface area (Å²) in [5, 5.41) is 7.03. The lowest BCUT2D eigenvalue weighted by molar-refractivity contribution is 0.0693. The van der Waals surface area contributed by atoms with E-state index in [9.17, 15) is 0 Å². The summed E-state index contributed by atoms with van der Waals surface area (Å²) in [6.45, 7) is 6.88. The normalized spacial score (nSPS) is 32.8. The molecule has 0 bridgehead atoms. The van der Waals surface area contributed by atoms with Crippen molar-refractivity contribution < 1.29 is 9.47 Å². The lowest BCUT2D eigenvalue weighted by Crippen LogP contribution is -2.45. The summed E-state index contributed by atoms with van der Waals surface area (Å²) in [5.74, 6) is 0. The van der Waals surface area contributed by atoms with Gasteiger partial charge in [0.15, 0.2) is 0 Å². The van der Waals surface area contributed by atoms with Gasteiger partial charge in [-0.3, -0.25) is 0 Å². The Morgan fingerprint density at radius 2 is 2.38 bits per heavy atom. The summed E-state index contributed by atoms with van der Waals surface area (Å²) < 4.78 is 11.0. The molecule has 0 aromatic carbocycles. The average Bonchev–Trinajstić information content (AvgIpc) is 2.81. The van der Waals surface area contributed by atoms with Gasteiger partial charge in [-0.15, -0.1) is 0 Å². The minimum Gasteiger partial charge on any atom is -0.379 e. The Bertz CT molecular complexity index is 189. The van der Waals surface area contributed by atoms with E-state index in [2.05, 4.69) is 17.6 Å². The number of hydrogen-bond acceptors (Lipinski definition) is 4. The Labute approximate surface area is 98.1 Å². The predicted molar refractivity (Wildman–Crippen MR) is 63.7 cm³/mol. The maximum Gasteiger partial charge on any atom is 0.0700 e. The van der Waals surface area contributed by atoms with E-state index in [1.807, 2.05) is 0 Å². The largest absolute Gasteiger partial charge is 0.379 e. The highest BCUT2D eigenvalue weighted by atomic mass is 16.5. The third kappa shape index (κ3) is 4.01. The van der Waals surface area contributed by atoms with Crippen LogP contribution in [0.1, 0.15) is 26.2 Å². The van der Waals surface area contributed by atoms with Crippen molar-refractivity contribution in [3.63, 3.8) is 0 Å². The van der Waals surface area contributed by atoms with Crippen LogP contribution in [0.15, 0.2) is 0 Å². The Kier molecular flexibility index (Phi) is 5.03. The molecule has 0 aromatic rings. The van der Waals surface area contributed by atoms with Crippen LogP contribution in [0.3, 0.4) is 0 Å². The van der Waals surface area contributed by atoms with Gasteiger partial charge in [-0.1, -0.05) is 0 Å². The minimum atomic E-state index is 0.443. The molecule has 0 amide bonds. The monoisotopic (exact) mass is 228 g/mol. The van der Waals surface area contributed by atoms with Gasteiger partial charge in [0.1, 0.15) is 0 Å². The molecule has 2 aliphatic rings. The summed E-state index contributed by atoms with van der Waals surface area (Å²) in [7, 11) is 0. The lowest BCUT2D eigenvalue weighted by atomic mass is 10.1. The molecule has 3 unspecified atom stereocenters. The third-order valence-electron chi connectivity index (χ3n) is 3.35. The number of morpholine rings is 1. The van der Waals surface area contributed by atoms with E-state index in [1.165, 1.54) is 12.8 Å². The third-order valence-corrected chi connectivity index (χ3v) is 3.35. The van der Waals surface area contributed by atoms with Crippen LogP contribution < -0.4 is 10.6 Å². The molecule has 3 atom stereocenters. The molecule has 2 saturated heterocycles. The molecule has 0 aromatic heterocycles. The zero-order valence-electron chi connectivity index (χ0n) is 10.2. The van der Waals surface area contributed by atoms with Crippen LogP contribution in [0.4, 0.5) is 0 Å². The smallest absolute Gasteiger partial charge is 0.0700 e. The van der Waals surface area contributed by atoms with Crippen LogP contribution in [0.5, 0.6) is 0 Å². The van der Waals surface area contributed by atoms with Gasteiger partial charge in [0.25, 0.3) is 0 Å².